The Hall–Kier alpha value is -1.30. The fraction of sp³-hybridized carbons (Fsp3) is 0.889. The van der Waals surface area contributed by atoms with Crippen LogP contribution in [0.3, 0.4) is 0 Å². The number of carbonyl (C=O) groups excluding carboxylic acids is 1. The minimum absolute atomic E-state index is 0.0202. The Morgan fingerprint density at radius 2 is 1.92 bits per heavy atom. The van der Waals surface area contributed by atoms with Gasteiger partial charge in [0.1, 0.15) is 0 Å². The number of hydrogen-bond acceptors (Lipinski definition) is 3. The first-order valence-corrected chi connectivity index (χ1v) is 9.55. The SMILES string of the molecule is CN=C(NCC(=O)NC(C)C)N1CCN(C2CC3CCC2C3)CC1. The third-order valence-electron chi connectivity index (χ3n) is 5.85. The summed E-state index contributed by atoms with van der Waals surface area (Å²) in [5.74, 6) is 2.83. The zero-order chi connectivity index (χ0) is 17.1. The highest BCUT2D eigenvalue weighted by Crippen LogP contribution is 2.46. The molecule has 2 aliphatic carbocycles. The number of hydrogen-bond donors (Lipinski definition) is 2. The summed E-state index contributed by atoms with van der Waals surface area (Å²) < 4.78 is 0. The molecule has 0 aromatic rings. The van der Waals surface area contributed by atoms with Crippen LogP contribution >= 0.6 is 0 Å². The summed E-state index contributed by atoms with van der Waals surface area (Å²) in [4.78, 5) is 21.1. The van der Waals surface area contributed by atoms with Gasteiger partial charge in [0, 0.05) is 45.3 Å². The van der Waals surface area contributed by atoms with Gasteiger partial charge in [0.25, 0.3) is 0 Å². The van der Waals surface area contributed by atoms with E-state index in [2.05, 4.69) is 25.4 Å². The first-order valence-electron chi connectivity index (χ1n) is 9.55. The maximum Gasteiger partial charge on any atom is 0.239 e. The van der Waals surface area contributed by atoms with Crippen molar-refractivity contribution in [2.45, 2.75) is 51.6 Å². The molecule has 136 valence electrons. The van der Waals surface area contributed by atoms with Crippen molar-refractivity contribution in [2.75, 3.05) is 39.8 Å². The van der Waals surface area contributed by atoms with Crippen LogP contribution in [0.15, 0.2) is 4.99 Å². The summed E-state index contributed by atoms with van der Waals surface area (Å²) in [6, 6.07) is 1.00. The number of amides is 1. The molecule has 3 atom stereocenters. The van der Waals surface area contributed by atoms with Crippen LogP contribution in [0.5, 0.6) is 0 Å². The molecule has 2 saturated carbocycles. The second-order valence-corrected chi connectivity index (χ2v) is 7.89. The standard InChI is InChI=1S/C18H33N5O/c1-13(2)21-17(24)12-20-18(19-3)23-8-6-22(7-9-23)16-11-14-4-5-15(16)10-14/h13-16H,4-12H2,1-3H3,(H,19,20)(H,21,24). The Bertz CT molecular complexity index is 470. The van der Waals surface area contributed by atoms with E-state index in [0.717, 1.165) is 50.0 Å². The summed E-state index contributed by atoms with van der Waals surface area (Å²) in [6.45, 7) is 8.47. The van der Waals surface area contributed by atoms with Gasteiger partial charge in [-0.2, -0.15) is 0 Å². The number of nitrogens with one attached hydrogen (secondary N) is 2. The number of fused-ring (bicyclic) bond motifs is 2. The molecule has 1 amide bonds. The molecule has 6 heteroatoms. The summed E-state index contributed by atoms with van der Waals surface area (Å²) in [5.41, 5.74) is 0. The van der Waals surface area contributed by atoms with Crippen LogP contribution in [0.25, 0.3) is 0 Å². The van der Waals surface area contributed by atoms with Gasteiger partial charge in [-0.1, -0.05) is 6.42 Å². The quantitative estimate of drug-likeness (QED) is 0.592. The molecule has 0 aromatic carbocycles. The van der Waals surface area contributed by atoms with Crippen molar-refractivity contribution in [3.63, 3.8) is 0 Å². The second-order valence-electron chi connectivity index (χ2n) is 7.89. The normalized spacial score (nSPS) is 30.9. The van der Waals surface area contributed by atoms with Crippen molar-refractivity contribution in [3.05, 3.63) is 0 Å². The van der Waals surface area contributed by atoms with Crippen molar-refractivity contribution in [2.24, 2.45) is 16.8 Å². The second kappa shape index (κ2) is 7.72. The predicted molar refractivity (Wildman–Crippen MR) is 97.0 cm³/mol. The molecule has 0 spiro atoms. The fourth-order valence-electron chi connectivity index (χ4n) is 4.79. The van der Waals surface area contributed by atoms with Gasteiger partial charge in [-0.3, -0.25) is 14.7 Å². The number of aliphatic imine (C=N–C) groups is 1. The largest absolute Gasteiger partial charge is 0.352 e. The topological polar surface area (TPSA) is 60.0 Å². The van der Waals surface area contributed by atoms with Gasteiger partial charge in [-0.15, -0.1) is 0 Å². The van der Waals surface area contributed by atoms with Crippen LogP contribution in [0.1, 0.15) is 39.5 Å². The van der Waals surface area contributed by atoms with E-state index >= 15 is 0 Å². The van der Waals surface area contributed by atoms with E-state index < -0.39 is 0 Å². The van der Waals surface area contributed by atoms with E-state index in [0.29, 0.717) is 0 Å². The van der Waals surface area contributed by atoms with Crippen molar-refractivity contribution in [1.82, 2.24) is 20.4 Å². The molecule has 24 heavy (non-hydrogen) atoms. The predicted octanol–water partition coefficient (Wildman–Crippen LogP) is 0.893. The highest BCUT2D eigenvalue weighted by molar-refractivity contribution is 5.86. The van der Waals surface area contributed by atoms with Gasteiger partial charge in [-0.05, 0) is 44.9 Å². The molecule has 0 radical (unpaired) electrons. The maximum absolute atomic E-state index is 11.8. The van der Waals surface area contributed by atoms with Crippen LogP contribution in [-0.4, -0.2) is 73.5 Å². The van der Waals surface area contributed by atoms with Gasteiger partial charge >= 0.3 is 0 Å². The summed E-state index contributed by atoms with van der Waals surface area (Å²) in [6.07, 6.45) is 5.81. The molecule has 3 aliphatic rings. The zero-order valence-electron chi connectivity index (χ0n) is 15.4. The lowest BCUT2D eigenvalue weighted by Crippen LogP contribution is -2.56. The molecular weight excluding hydrogens is 302 g/mol. The minimum atomic E-state index is 0.0202. The Labute approximate surface area is 146 Å². The van der Waals surface area contributed by atoms with Gasteiger partial charge in [-0.25, -0.2) is 0 Å². The summed E-state index contributed by atoms with van der Waals surface area (Å²) in [5, 5.41) is 6.10. The molecule has 3 fully saturated rings. The first kappa shape index (κ1) is 17.5. The van der Waals surface area contributed by atoms with Gasteiger partial charge < -0.3 is 15.5 Å². The molecular formula is C18H33N5O. The van der Waals surface area contributed by atoms with Crippen LogP contribution in [-0.2, 0) is 4.79 Å². The monoisotopic (exact) mass is 335 g/mol. The van der Waals surface area contributed by atoms with Crippen molar-refractivity contribution in [3.8, 4) is 0 Å². The van der Waals surface area contributed by atoms with Crippen LogP contribution < -0.4 is 10.6 Å². The fourth-order valence-corrected chi connectivity index (χ4v) is 4.79. The number of piperazine rings is 1. The van der Waals surface area contributed by atoms with E-state index in [-0.39, 0.29) is 18.5 Å². The first-order chi connectivity index (χ1) is 11.6. The molecule has 6 nitrogen and oxygen atoms in total. The number of rotatable bonds is 4. The van der Waals surface area contributed by atoms with Gasteiger partial charge in [0.05, 0.1) is 6.54 Å². The lowest BCUT2D eigenvalue weighted by atomic mass is 9.93. The average molecular weight is 335 g/mol. The van der Waals surface area contributed by atoms with E-state index in [9.17, 15) is 4.79 Å². The third kappa shape index (κ3) is 4.02. The van der Waals surface area contributed by atoms with Crippen LogP contribution in [0, 0.1) is 11.8 Å². The lowest BCUT2D eigenvalue weighted by molar-refractivity contribution is -0.120. The molecule has 1 heterocycles. The van der Waals surface area contributed by atoms with E-state index in [4.69, 9.17) is 0 Å². The zero-order valence-corrected chi connectivity index (χ0v) is 15.4. The number of carbonyl (C=O) groups is 1. The summed E-state index contributed by atoms with van der Waals surface area (Å²) >= 11 is 0. The molecule has 3 unspecified atom stereocenters. The molecule has 0 aromatic heterocycles. The highest BCUT2D eigenvalue weighted by atomic mass is 16.2. The smallest absolute Gasteiger partial charge is 0.239 e. The Morgan fingerprint density at radius 3 is 2.46 bits per heavy atom. The van der Waals surface area contributed by atoms with Crippen molar-refractivity contribution in [1.29, 1.82) is 0 Å². The van der Waals surface area contributed by atoms with E-state index in [1.165, 1.54) is 25.7 Å². The van der Waals surface area contributed by atoms with Crippen LogP contribution in [0.2, 0.25) is 0 Å². The van der Waals surface area contributed by atoms with Gasteiger partial charge in [0.2, 0.25) is 5.91 Å². The summed E-state index contributed by atoms with van der Waals surface area (Å²) in [7, 11) is 1.80. The molecule has 3 rings (SSSR count). The molecule has 1 aliphatic heterocycles. The van der Waals surface area contributed by atoms with Crippen molar-refractivity contribution < 1.29 is 4.79 Å². The van der Waals surface area contributed by atoms with E-state index in [1.807, 2.05) is 13.8 Å². The van der Waals surface area contributed by atoms with E-state index in [1.54, 1.807) is 7.05 Å². The van der Waals surface area contributed by atoms with Gasteiger partial charge in [0.15, 0.2) is 5.96 Å². The number of nitrogens with zero attached hydrogens (tertiary/aromatic N) is 3. The average Bonchev–Trinajstić information content (AvgIpc) is 3.18. The maximum atomic E-state index is 11.8. The highest BCUT2D eigenvalue weighted by Gasteiger charge is 2.42. The Kier molecular flexibility index (Phi) is 5.64. The Balaban J connectivity index is 1.44. The number of guanidine groups is 1. The lowest BCUT2D eigenvalue weighted by Gasteiger charge is -2.41. The van der Waals surface area contributed by atoms with Crippen molar-refractivity contribution >= 4 is 11.9 Å². The molecule has 1 saturated heterocycles. The third-order valence-corrected chi connectivity index (χ3v) is 5.85. The Morgan fingerprint density at radius 1 is 1.17 bits per heavy atom. The molecule has 2 N–H and O–H groups in total. The van der Waals surface area contributed by atoms with Crippen LogP contribution in [0.4, 0.5) is 0 Å². The molecule has 2 bridgehead atoms. The minimum Gasteiger partial charge on any atom is -0.352 e.